The second-order valence-corrected chi connectivity index (χ2v) is 4.82. The van der Waals surface area contributed by atoms with Crippen LogP contribution in [-0.4, -0.2) is 23.2 Å². The molecule has 0 amide bonds. The zero-order chi connectivity index (χ0) is 13.0. The van der Waals surface area contributed by atoms with Crippen LogP contribution in [0, 0.1) is 0 Å². The van der Waals surface area contributed by atoms with Crippen LogP contribution < -0.4 is 10.5 Å². The van der Waals surface area contributed by atoms with E-state index in [9.17, 15) is 4.79 Å². The number of carboxylic acid groups (broad SMARTS) is 1. The van der Waals surface area contributed by atoms with Crippen molar-refractivity contribution in [3.05, 3.63) is 29.8 Å². The van der Waals surface area contributed by atoms with E-state index in [2.05, 4.69) is 0 Å². The minimum atomic E-state index is -0.821. The fraction of sp³-hybridized carbons (Fsp3) is 0.500. The number of nitrogens with two attached hydrogens (primary N) is 1. The van der Waals surface area contributed by atoms with Gasteiger partial charge in [0.1, 0.15) is 11.9 Å². The summed E-state index contributed by atoms with van der Waals surface area (Å²) in [7, 11) is 0. The van der Waals surface area contributed by atoms with E-state index in [0.29, 0.717) is 0 Å². The predicted octanol–water partition coefficient (Wildman–Crippen LogP) is 1.96. The molecule has 0 radical (unpaired) electrons. The number of rotatable bonds is 4. The third-order valence-corrected chi connectivity index (χ3v) is 3.32. The van der Waals surface area contributed by atoms with Gasteiger partial charge in [-0.05, 0) is 37.0 Å². The summed E-state index contributed by atoms with van der Waals surface area (Å²) in [5.74, 6) is -0.0514. The summed E-state index contributed by atoms with van der Waals surface area (Å²) in [6.45, 7) is 0. The molecular formula is C14H19NO3. The maximum Gasteiger partial charge on any atom is 0.307 e. The molecule has 0 aromatic heterocycles. The van der Waals surface area contributed by atoms with Gasteiger partial charge in [0.25, 0.3) is 0 Å². The van der Waals surface area contributed by atoms with Gasteiger partial charge in [0.15, 0.2) is 0 Å². The minimum Gasteiger partial charge on any atom is -0.489 e. The Kier molecular flexibility index (Phi) is 4.20. The number of carbonyl (C=O) groups is 1. The molecule has 0 spiro atoms. The molecule has 1 aromatic rings. The summed E-state index contributed by atoms with van der Waals surface area (Å²) in [4.78, 5) is 10.6. The van der Waals surface area contributed by atoms with E-state index in [0.717, 1.165) is 30.6 Å². The number of hydrogen-bond acceptors (Lipinski definition) is 3. The molecule has 98 valence electrons. The molecule has 1 aromatic carbocycles. The van der Waals surface area contributed by atoms with E-state index < -0.39 is 5.97 Å². The standard InChI is InChI=1S/C14H19NO3/c15-12-3-1-2-4-13(12)18-11-7-5-10(6-8-11)9-14(16)17/h5-8,12-13H,1-4,9,15H2,(H,16,17). The minimum absolute atomic E-state index is 0.0449. The van der Waals surface area contributed by atoms with Crippen LogP contribution in [0.5, 0.6) is 5.75 Å². The van der Waals surface area contributed by atoms with Gasteiger partial charge >= 0.3 is 5.97 Å². The van der Waals surface area contributed by atoms with Crippen LogP contribution in [0.3, 0.4) is 0 Å². The largest absolute Gasteiger partial charge is 0.489 e. The average Bonchev–Trinajstić information content (AvgIpc) is 2.34. The smallest absolute Gasteiger partial charge is 0.307 e. The Hall–Kier alpha value is -1.55. The summed E-state index contributed by atoms with van der Waals surface area (Å²) < 4.78 is 5.86. The molecule has 1 aliphatic rings. The zero-order valence-electron chi connectivity index (χ0n) is 10.3. The number of carboxylic acids is 1. The van der Waals surface area contributed by atoms with Crippen LogP contribution in [-0.2, 0) is 11.2 Å². The average molecular weight is 249 g/mol. The van der Waals surface area contributed by atoms with Crippen molar-refractivity contribution in [2.75, 3.05) is 0 Å². The third-order valence-electron chi connectivity index (χ3n) is 3.32. The molecule has 0 heterocycles. The van der Waals surface area contributed by atoms with Crippen molar-refractivity contribution in [3.8, 4) is 5.75 Å². The number of hydrogen-bond donors (Lipinski definition) is 2. The van der Waals surface area contributed by atoms with Crippen molar-refractivity contribution in [1.82, 2.24) is 0 Å². The summed E-state index contributed by atoms with van der Waals surface area (Å²) >= 11 is 0. The van der Waals surface area contributed by atoms with Crippen LogP contribution in [0.4, 0.5) is 0 Å². The van der Waals surface area contributed by atoms with Gasteiger partial charge in [0, 0.05) is 6.04 Å². The second kappa shape index (κ2) is 5.87. The van der Waals surface area contributed by atoms with Gasteiger partial charge in [-0.25, -0.2) is 0 Å². The lowest BCUT2D eigenvalue weighted by Gasteiger charge is -2.29. The fourth-order valence-electron chi connectivity index (χ4n) is 2.31. The molecule has 1 fully saturated rings. The normalized spacial score (nSPS) is 23.6. The fourth-order valence-corrected chi connectivity index (χ4v) is 2.31. The van der Waals surface area contributed by atoms with Gasteiger partial charge in [0.05, 0.1) is 6.42 Å². The molecule has 4 nitrogen and oxygen atoms in total. The lowest BCUT2D eigenvalue weighted by atomic mass is 9.93. The Morgan fingerprint density at radius 1 is 1.28 bits per heavy atom. The highest BCUT2D eigenvalue weighted by molar-refractivity contribution is 5.70. The summed E-state index contributed by atoms with van der Waals surface area (Å²) in [6.07, 6.45) is 4.49. The molecule has 1 saturated carbocycles. The van der Waals surface area contributed by atoms with Crippen molar-refractivity contribution in [2.45, 2.75) is 44.2 Å². The summed E-state index contributed by atoms with van der Waals surface area (Å²) in [6, 6.07) is 7.33. The molecule has 2 unspecified atom stereocenters. The Morgan fingerprint density at radius 2 is 1.94 bits per heavy atom. The Labute approximate surface area is 107 Å². The highest BCUT2D eigenvalue weighted by atomic mass is 16.5. The molecule has 4 heteroatoms. The van der Waals surface area contributed by atoms with Crippen LogP contribution >= 0.6 is 0 Å². The van der Waals surface area contributed by atoms with Crippen LogP contribution in [0.2, 0.25) is 0 Å². The number of aliphatic carboxylic acids is 1. The first-order valence-electron chi connectivity index (χ1n) is 6.38. The van der Waals surface area contributed by atoms with Gasteiger partial charge in [-0.3, -0.25) is 4.79 Å². The summed E-state index contributed by atoms with van der Waals surface area (Å²) in [5.41, 5.74) is 6.80. The summed E-state index contributed by atoms with van der Waals surface area (Å²) in [5, 5.41) is 8.68. The maximum atomic E-state index is 10.6. The van der Waals surface area contributed by atoms with Crippen molar-refractivity contribution in [3.63, 3.8) is 0 Å². The Bertz CT molecular complexity index is 402. The van der Waals surface area contributed by atoms with Gasteiger partial charge in [0.2, 0.25) is 0 Å². The van der Waals surface area contributed by atoms with E-state index in [1.54, 1.807) is 12.1 Å². The SMILES string of the molecule is NC1CCCCC1Oc1ccc(CC(=O)O)cc1. The van der Waals surface area contributed by atoms with Gasteiger partial charge in [-0.2, -0.15) is 0 Å². The van der Waals surface area contributed by atoms with Crippen molar-refractivity contribution >= 4 is 5.97 Å². The number of ether oxygens (including phenoxy) is 1. The van der Waals surface area contributed by atoms with Crippen molar-refractivity contribution < 1.29 is 14.6 Å². The van der Waals surface area contributed by atoms with Crippen molar-refractivity contribution in [2.24, 2.45) is 5.73 Å². The lowest BCUT2D eigenvalue weighted by Crippen LogP contribution is -2.41. The first-order chi connectivity index (χ1) is 8.65. The quantitative estimate of drug-likeness (QED) is 0.855. The van der Waals surface area contributed by atoms with Crippen LogP contribution in [0.15, 0.2) is 24.3 Å². The lowest BCUT2D eigenvalue weighted by molar-refractivity contribution is -0.136. The first-order valence-corrected chi connectivity index (χ1v) is 6.38. The van der Waals surface area contributed by atoms with E-state index in [4.69, 9.17) is 15.6 Å². The van der Waals surface area contributed by atoms with Gasteiger partial charge in [-0.1, -0.05) is 18.6 Å². The molecule has 0 aliphatic heterocycles. The van der Waals surface area contributed by atoms with E-state index in [-0.39, 0.29) is 18.6 Å². The van der Waals surface area contributed by atoms with Gasteiger partial charge in [-0.15, -0.1) is 0 Å². The van der Waals surface area contributed by atoms with Crippen molar-refractivity contribution in [1.29, 1.82) is 0 Å². The Balaban J connectivity index is 1.95. The van der Waals surface area contributed by atoms with E-state index in [1.165, 1.54) is 6.42 Å². The van der Waals surface area contributed by atoms with Crippen LogP contribution in [0.25, 0.3) is 0 Å². The molecule has 0 bridgehead atoms. The molecule has 2 rings (SSSR count). The molecule has 0 saturated heterocycles. The maximum absolute atomic E-state index is 10.6. The zero-order valence-corrected chi connectivity index (χ0v) is 10.3. The van der Waals surface area contributed by atoms with Crippen LogP contribution in [0.1, 0.15) is 31.2 Å². The molecule has 3 N–H and O–H groups in total. The predicted molar refractivity (Wildman–Crippen MR) is 68.6 cm³/mol. The third kappa shape index (κ3) is 3.47. The highest BCUT2D eigenvalue weighted by Gasteiger charge is 2.23. The van der Waals surface area contributed by atoms with E-state index >= 15 is 0 Å². The topological polar surface area (TPSA) is 72.5 Å². The first kappa shape index (κ1) is 12.9. The second-order valence-electron chi connectivity index (χ2n) is 4.82. The highest BCUT2D eigenvalue weighted by Crippen LogP contribution is 2.23. The molecule has 2 atom stereocenters. The van der Waals surface area contributed by atoms with E-state index in [1.807, 2.05) is 12.1 Å². The van der Waals surface area contributed by atoms with Gasteiger partial charge < -0.3 is 15.6 Å². The monoisotopic (exact) mass is 249 g/mol. The Morgan fingerprint density at radius 3 is 2.56 bits per heavy atom. The molecule has 18 heavy (non-hydrogen) atoms. The molecular weight excluding hydrogens is 230 g/mol. The molecule has 1 aliphatic carbocycles. The number of benzene rings is 1.